The van der Waals surface area contributed by atoms with Crippen LogP contribution in [0.25, 0.3) is 0 Å². The average molecular weight is 533 g/mol. The Hall–Kier alpha value is -1.99. The fraction of sp³-hybridized carbons (Fsp3) is 0.677. The summed E-state index contributed by atoms with van der Waals surface area (Å²) in [4.78, 5) is 9.27. The second-order valence-electron chi connectivity index (χ2n) is 12.8. The van der Waals surface area contributed by atoms with E-state index in [0.717, 1.165) is 78.4 Å². The van der Waals surface area contributed by atoms with E-state index in [-0.39, 0.29) is 11.3 Å². The summed E-state index contributed by atoms with van der Waals surface area (Å²) in [5, 5.41) is 11.3. The number of ether oxygens (including phenoxy) is 1. The normalized spacial score (nSPS) is 23.4. The van der Waals surface area contributed by atoms with Crippen molar-refractivity contribution in [1.82, 2.24) is 9.97 Å². The highest BCUT2D eigenvalue weighted by atomic mass is 19.4. The monoisotopic (exact) mass is 532 g/mol. The Bertz CT molecular complexity index is 1130. The van der Waals surface area contributed by atoms with Gasteiger partial charge in [-0.1, -0.05) is 67.7 Å². The number of aliphatic hydroxyl groups is 1. The van der Waals surface area contributed by atoms with Crippen LogP contribution in [0.15, 0.2) is 18.3 Å². The molecule has 0 bridgehead atoms. The molecular formula is C31H43F3N2O2. The number of hydrogen-bond acceptors (Lipinski definition) is 4. The molecule has 0 radical (unpaired) electrons. The van der Waals surface area contributed by atoms with E-state index in [1.165, 1.54) is 12.5 Å². The zero-order chi connectivity index (χ0) is 28.0. The van der Waals surface area contributed by atoms with Crippen LogP contribution in [0.2, 0.25) is 0 Å². The first-order valence-electron chi connectivity index (χ1n) is 14.1. The van der Waals surface area contributed by atoms with Gasteiger partial charge in [0.2, 0.25) is 0 Å². The lowest BCUT2D eigenvalue weighted by molar-refractivity contribution is -0.137. The molecule has 2 aromatic heterocycles. The maximum absolute atomic E-state index is 13.1. The van der Waals surface area contributed by atoms with Crippen LogP contribution in [0.1, 0.15) is 144 Å². The summed E-state index contributed by atoms with van der Waals surface area (Å²) in [6.07, 6.45) is 1.67. The van der Waals surface area contributed by atoms with Crippen molar-refractivity contribution in [1.29, 1.82) is 0 Å². The van der Waals surface area contributed by atoms with Crippen LogP contribution in [-0.4, -0.2) is 15.1 Å². The summed E-state index contributed by atoms with van der Waals surface area (Å²) in [6.45, 7) is 15.1. The van der Waals surface area contributed by atoms with Crippen LogP contribution in [-0.2, 0) is 22.9 Å². The highest BCUT2D eigenvalue weighted by molar-refractivity contribution is 5.54. The summed E-state index contributed by atoms with van der Waals surface area (Å²) in [6, 6.07) is 2.50. The first kappa shape index (κ1) is 29.0. The maximum Gasteiger partial charge on any atom is 0.417 e. The van der Waals surface area contributed by atoms with Gasteiger partial charge in [-0.25, -0.2) is 0 Å². The van der Waals surface area contributed by atoms with Crippen molar-refractivity contribution >= 4 is 0 Å². The van der Waals surface area contributed by atoms with Crippen molar-refractivity contribution in [3.63, 3.8) is 0 Å². The molecule has 2 atom stereocenters. The molecule has 1 spiro atoms. The highest BCUT2D eigenvalue weighted by Gasteiger charge is 2.53. The third-order valence-electron chi connectivity index (χ3n) is 8.32. The van der Waals surface area contributed by atoms with Gasteiger partial charge in [0.1, 0.15) is 6.10 Å². The van der Waals surface area contributed by atoms with Crippen LogP contribution in [0.4, 0.5) is 13.2 Å². The Balaban J connectivity index is 0.000000617. The Labute approximate surface area is 225 Å². The van der Waals surface area contributed by atoms with E-state index in [1.807, 2.05) is 0 Å². The van der Waals surface area contributed by atoms with Gasteiger partial charge in [-0.3, -0.25) is 9.97 Å². The van der Waals surface area contributed by atoms with Gasteiger partial charge in [0.05, 0.1) is 23.0 Å². The van der Waals surface area contributed by atoms with Gasteiger partial charge < -0.3 is 9.84 Å². The fourth-order valence-electron chi connectivity index (χ4n) is 6.12. The maximum atomic E-state index is 13.1. The van der Waals surface area contributed by atoms with E-state index < -0.39 is 29.5 Å². The number of hydrogen-bond donors (Lipinski definition) is 1. The van der Waals surface area contributed by atoms with E-state index in [1.54, 1.807) is 0 Å². The number of halogens is 3. The molecule has 3 heterocycles. The molecule has 3 aliphatic rings. The smallest absolute Gasteiger partial charge is 0.388 e. The number of alkyl halides is 3. The number of aliphatic hydroxyl groups excluding tert-OH is 1. The first-order chi connectivity index (χ1) is 17.7. The number of pyridine rings is 2. The molecule has 1 saturated carbocycles. The molecule has 7 heteroatoms. The highest BCUT2D eigenvalue weighted by Crippen LogP contribution is 2.59. The lowest BCUT2D eigenvalue weighted by atomic mass is 9.70. The molecule has 0 aromatic carbocycles. The van der Waals surface area contributed by atoms with Gasteiger partial charge in [0.15, 0.2) is 0 Å². The SMILES string of the molecule is CC(C)c1nc2c(c3c1C(c1ccc(C(F)(F)F)cn1)OC31CCCC1)C(O)CC(C)(C)C2.CCC(C)C. The number of aromatic nitrogens is 2. The lowest BCUT2D eigenvalue weighted by Crippen LogP contribution is -2.32. The van der Waals surface area contributed by atoms with Gasteiger partial charge in [-0.05, 0) is 60.6 Å². The van der Waals surface area contributed by atoms with Gasteiger partial charge in [-0.2, -0.15) is 13.2 Å². The van der Waals surface area contributed by atoms with Crippen molar-refractivity contribution in [3.05, 3.63) is 57.7 Å². The van der Waals surface area contributed by atoms with Gasteiger partial charge in [0.25, 0.3) is 0 Å². The number of fused-ring (bicyclic) bond motifs is 4. The molecule has 38 heavy (non-hydrogen) atoms. The minimum atomic E-state index is -4.44. The van der Waals surface area contributed by atoms with Crippen molar-refractivity contribution in [2.45, 2.75) is 123 Å². The van der Waals surface area contributed by atoms with Crippen molar-refractivity contribution in [2.75, 3.05) is 0 Å². The molecule has 2 unspecified atom stereocenters. The fourth-order valence-corrected chi connectivity index (χ4v) is 6.12. The molecule has 1 aliphatic heterocycles. The number of rotatable bonds is 3. The summed E-state index contributed by atoms with van der Waals surface area (Å²) in [7, 11) is 0. The second kappa shape index (κ2) is 10.5. The molecule has 210 valence electrons. The Morgan fingerprint density at radius 3 is 2.21 bits per heavy atom. The van der Waals surface area contributed by atoms with E-state index in [0.29, 0.717) is 12.1 Å². The zero-order valence-electron chi connectivity index (χ0n) is 23.9. The van der Waals surface area contributed by atoms with Crippen molar-refractivity contribution in [2.24, 2.45) is 11.3 Å². The predicted octanol–water partition coefficient (Wildman–Crippen LogP) is 8.57. The zero-order valence-corrected chi connectivity index (χ0v) is 23.9. The summed E-state index contributed by atoms with van der Waals surface area (Å²) >= 11 is 0. The summed E-state index contributed by atoms with van der Waals surface area (Å²) in [5.74, 6) is 0.985. The summed E-state index contributed by atoms with van der Waals surface area (Å²) < 4.78 is 46.1. The van der Waals surface area contributed by atoms with E-state index in [9.17, 15) is 18.3 Å². The average Bonchev–Trinajstić information content (AvgIpc) is 3.43. The van der Waals surface area contributed by atoms with Gasteiger partial charge in [0, 0.05) is 28.7 Å². The third kappa shape index (κ3) is 5.51. The van der Waals surface area contributed by atoms with Crippen LogP contribution in [0.5, 0.6) is 0 Å². The van der Waals surface area contributed by atoms with Crippen LogP contribution in [0, 0.1) is 11.3 Å². The summed E-state index contributed by atoms with van der Waals surface area (Å²) in [5.41, 5.74) is 3.79. The Morgan fingerprint density at radius 2 is 1.71 bits per heavy atom. The van der Waals surface area contributed by atoms with Crippen LogP contribution in [0.3, 0.4) is 0 Å². The molecule has 1 N–H and O–H groups in total. The Morgan fingerprint density at radius 1 is 1.08 bits per heavy atom. The molecule has 0 amide bonds. The largest absolute Gasteiger partial charge is 0.417 e. The van der Waals surface area contributed by atoms with E-state index >= 15 is 0 Å². The van der Waals surface area contributed by atoms with Gasteiger partial charge in [-0.15, -0.1) is 0 Å². The third-order valence-corrected chi connectivity index (χ3v) is 8.32. The minimum Gasteiger partial charge on any atom is -0.388 e. The molecule has 4 nitrogen and oxygen atoms in total. The molecule has 1 fully saturated rings. The lowest BCUT2D eigenvalue weighted by Gasteiger charge is -2.38. The van der Waals surface area contributed by atoms with Crippen molar-refractivity contribution in [3.8, 4) is 0 Å². The molecule has 0 saturated heterocycles. The topological polar surface area (TPSA) is 55.2 Å². The standard InChI is InChI=1S/C26H31F3N2O2.C5H12/c1-14(2)22-20-21(19-17(31-22)11-24(3,4)12-18(19)32)25(9-5-6-10-25)33-23(20)16-8-7-15(13-30-16)26(27,28)29;1-4-5(2)3/h7-8,13-14,18,23,32H,5-6,9-12H2,1-4H3;5H,4H2,1-3H3. The molecular weight excluding hydrogens is 489 g/mol. The van der Waals surface area contributed by atoms with E-state index in [4.69, 9.17) is 9.72 Å². The van der Waals surface area contributed by atoms with E-state index in [2.05, 4.69) is 53.5 Å². The minimum absolute atomic E-state index is 0.0570. The molecule has 5 rings (SSSR count). The Kier molecular flexibility index (Phi) is 8.04. The first-order valence-corrected chi connectivity index (χ1v) is 14.1. The second-order valence-corrected chi connectivity index (χ2v) is 12.8. The number of nitrogens with zero attached hydrogens (tertiary/aromatic N) is 2. The molecule has 2 aromatic rings. The van der Waals surface area contributed by atoms with Crippen molar-refractivity contribution < 1.29 is 23.0 Å². The van der Waals surface area contributed by atoms with Gasteiger partial charge >= 0.3 is 6.18 Å². The van der Waals surface area contributed by atoms with Crippen LogP contribution < -0.4 is 0 Å². The van der Waals surface area contributed by atoms with Crippen LogP contribution >= 0.6 is 0 Å². The predicted molar refractivity (Wildman–Crippen MR) is 143 cm³/mol. The quantitative estimate of drug-likeness (QED) is 0.430. The molecule has 2 aliphatic carbocycles.